The molecule has 0 N–H and O–H groups in total. The normalized spacial score (nSPS) is 9.68. The van der Waals surface area contributed by atoms with Crippen molar-refractivity contribution in [1.82, 2.24) is 4.98 Å². The Morgan fingerprint density at radius 1 is 1.00 bits per heavy atom. The first kappa shape index (κ1) is 15.9. The van der Waals surface area contributed by atoms with Crippen LogP contribution in [-0.4, -0.2) is 4.98 Å². The van der Waals surface area contributed by atoms with Crippen molar-refractivity contribution in [2.75, 3.05) is 0 Å². The van der Waals surface area contributed by atoms with Crippen LogP contribution in [0.3, 0.4) is 0 Å². The van der Waals surface area contributed by atoms with E-state index in [0.717, 1.165) is 15.9 Å². The number of benzene rings is 1. The highest BCUT2D eigenvalue weighted by Crippen LogP contribution is 2.13. The van der Waals surface area contributed by atoms with E-state index in [0.29, 0.717) is 13.2 Å². The predicted molar refractivity (Wildman–Crippen MR) is 83.0 cm³/mol. The second-order valence-corrected chi connectivity index (χ2v) is 4.73. The third kappa shape index (κ3) is 5.99. The Bertz CT molecular complexity index is 465. The van der Waals surface area contributed by atoms with E-state index in [1.54, 1.807) is 0 Å². The molecule has 19 heavy (non-hydrogen) atoms. The van der Waals surface area contributed by atoms with Gasteiger partial charge >= 0.3 is 0 Å². The van der Waals surface area contributed by atoms with Gasteiger partial charge in [0.15, 0.2) is 0 Å². The SMILES string of the molecule is CC.Cc1cc(COCc2ccccc2)cc(Br)n1. The summed E-state index contributed by atoms with van der Waals surface area (Å²) in [6.45, 7) is 7.22. The molecule has 2 aromatic rings. The number of ether oxygens (including phenoxy) is 1. The Hall–Kier alpha value is -1.19. The number of pyridine rings is 1. The number of aromatic nitrogens is 1. The summed E-state index contributed by atoms with van der Waals surface area (Å²) in [6.07, 6.45) is 0. The highest BCUT2D eigenvalue weighted by molar-refractivity contribution is 9.10. The summed E-state index contributed by atoms with van der Waals surface area (Å²) in [6, 6.07) is 14.2. The average Bonchev–Trinajstić information content (AvgIpc) is 2.41. The first-order chi connectivity index (χ1) is 9.24. The monoisotopic (exact) mass is 321 g/mol. The van der Waals surface area contributed by atoms with Crippen molar-refractivity contribution >= 4 is 15.9 Å². The van der Waals surface area contributed by atoms with Crippen LogP contribution in [0.5, 0.6) is 0 Å². The molecule has 0 saturated heterocycles. The second kappa shape index (κ2) is 8.83. The van der Waals surface area contributed by atoms with Gasteiger partial charge in [-0.15, -0.1) is 0 Å². The number of hydrogen-bond acceptors (Lipinski definition) is 2. The lowest BCUT2D eigenvalue weighted by Gasteiger charge is -2.05. The zero-order chi connectivity index (χ0) is 14.1. The highest BCUT2D eigenvalue weighted by atomic mass is 79.9. The summed E-state index contributed by atoms with van der Waals surface area (Å²) in [5.41, 5.74) is 3.33. The lowest BCUT2D eigenvalue weighted by molar-refractivity contribution is 0.107. The maximum atomic E-state index is 5.67. The molecule has 0 aliphatic heterocycles. The van der Waals surface area contributed by atoms with Crippen molar-refractivity contribution in [3.05, 3.63) is 63.9 Å². The van der Waals surface area contributed by atoms with E-state index < -0.39 is 0 Å². The maximum Gasteiger partial charge on any atom is 0.106 e. The summed E-state index contributed by atoms with van der Waals surface area (Å²) >= 11 is 3.38. The van der Waals surface area contributed by atoms with E-state index in [1.165, 1.54) is 5.56 Å². The van der Waals surface area contributed by atoms with E-state index in [9.17, 15) is 0 Å². The van der Waals surface area contributed by atoms with Crippen LogP contribution in [0.4, 0.5) is 0 Å². The van der Waals surface area contributed by atoms with Gasteiger partial charge in [-0.1, -0.05) is 44.2 Å². The van der Waals surface area contributed by atoms with Gasteiger partial charge in [0, 0.05) is 5.69 Å². The van der Waals surface area contributed by atoms with Crippen LogP contribution >= 0.6 is 15.9 Å². The molecule has 0 bridgehead atoms. The molecule has 102 valence electrons. The van der Waals surface area contributed by atoms with Crippen molar-refractivity contribution in [1.29, 1.82) is 0 Å². The van der Waals surface area contributed by atoms with Gasteiger partial charge in [-0.25, -0.2) is 4.98 Å². The largest absolute Gasteiger partial charge is 0.372 e. The Labute approximate surface area is 124 Å². The lowest BCUT2D eigenvalue weighted by Crippen LogP contribution is -1.95. The first-order valence-corrected chi connectivity index (χ1v) is 7.28. The molecule has 0 atom stereocenters. The minimum absolute atomic E-state index is 0.608. The molecule has 3 heteroatoms. The van der Waals surface area contributed by atoms with E-state index in [-0.39, 0.29) is 0 Å². The van der Waals surface area contributed by atoms with Crippen LogP contribution < -0.4 is 0 Å². The molecule has 1 heterocycles. The Morgan fingerprint density at radius 2 is 1.63 bits per heavy atom. The van der Waals surface area contributed by atoms with Gasteiger partial charge in [0.05, 0.1) is 13.2 Å². The van der Waals surface area contributed by atoms with E-state index in [4.69, 9.17) is 4.74 Å². The van der Waals surface area contributed by atoms with Crippen LogP contribution in [0.15, 0.2) is 47.1 Å². The fourth-order valence-corrected chi connectivity index (χ4v) is 2.21. The first-order valence-electron chi connectivity index (χ1n) is 6.49. The van der Waals surface area contributed by atoms with Gasteiger partial charge in [-0.05, 0) is 46.1 Å². The Morgan fingerprint density at radius 3 is 2.26 bits per heavy atom. The molecule has 0 spiro atoms. The second-order valence-electron chi connectivity index (χ2n) is 3.92. The maximum absolute atomic E-state index is 5.67. The summed E-state index contributed by atoms with van der Waals surface area (Å²) < 4.78 is 6.52. The molecule has 0 saturated carbocycles. The summed E-state index contributed by atoms with van der Waals surface area (Å²) in [5.74, 6) is 0. The number of aryl methyl sites for hydroxylation is 1. The van der Waals surface area contributed by atoms with Gasteiger partial charge in [0.1, 0.15) is 4.60 Å². The molecule has 0 aliphatic carbocycles. The van der Waals surface area contributed by atoms with Crippen molar-refractivity contribution in [3.63, 3.8) is 0 Å². The average molecular weight is 322 g/mol. The third-order valence-electron chi connectivity index (χ3n) is 2.36. The highest BCUT2D eigenvalue weighted by Gasteiger charge is 1.99. The van der Waals surface area contributed by atoms with Crippen molar-refractivity contribution in [2.24, 2.45) is 0 Å². The number of nitrogens with zero attached hydrogens (tertiary/aromatic N) is 1. The molecule has 0 fully saturated rings. The zero-order valence-electron chi connectivity index (χ0n) is 11.7. The Balaban J connectivity index is 0.000000861. The van der Waals surface area contributed by atoms with Crippen LogP contribution in [-0.2, 0) is 18.0 Å². The predicted octanol–water partition coefficient (Wildman–Crippen LogP) is 4.90. The molecule has 0 amide bonds. The van der Waals surface area contributed by atoms with E-state index in [2.05, 4.69) is 33.0 Å². The van der Waals surface area contributed by atoms with Crippen molar-refractivity contribution in [3.8, 4) is 0 Å². The van der Waals surface area contributed by atoms with Gasteiger partial charge in [-0.2, -0.15) is 0 Å². The van der Waals surface area contributed by atoms with Crippen LogP contribution in [0, 0.1) is 6.92 Å². The van der Waals surface area contributed by atoms with Gasteiger partial charge in [0.25, 0.3) is 0 Å². The third-order valence-corrected chi connectivity index (χ3v) is 2.77. The summed E-state index contributed by atoms with van der Waals surface area (Å²) in [4.78, 5) is 4.26. The molecular weight excluding hydrogens is 302 g/mol. The van der Waals surface area contributed by atoms with Gasteiger partial charge in [0.2, 0.25) is 0 Å². The van der Waals surface area contributed by atoms with Gasteiger partial charge in [-0.3, -0.25) is 0 Å². The van der Waals surface area contributed by atoms with E-state index >= 15 is 0 Å². The minimum Gasteiger partial charge on any atom is -0.372 e. The topological polar surface area (TPSA) is 22.1 Å². The quantitative estimate of drug-likeness (QED) is 0.747. The molecule has 0 radical (unpaired) electrons. The standard InChI is InChI=1S/C14H14BrNO.C2H6/c1-11-7-13(8-14(15)16-11)10-17-9-12-5-3-2-4-6-12;1-2/h2-8H,9-10H2,1H3;1-2H3. The molecular formula is C16H20BrNO. The zero-order valence-corrected chi connectivity index (χ0v) is 13.3. The molecule has 2 rings (SSSR count). The molecule has 1 aromatic heterocycles. The fourth-order valence-electron chi connectivity index (χ4n) is 1.64. The molecule has 1 aromatic carbocycles. The minimum atomic E-state index is 0.608. The molecule has 0 unspecified atom stereocenters. The molecule has 0 aliphatic rings. The van der Waals surface area contributed by atoms with Crippen LogP contribution in [0.2, 0.25) is 0 Å². The van der Waals surface area contributed by atoms with Crippen molar-refractivity contribution < 1.29 is 4.74 Å². The smallest absolute Gasteiger partial charge is 0.106 e. The Kier molecular flexibility index (Phi) is 7.38. The summed E-state index contributed by atoms with van der Waals surface area (Å²) in [7, 11) is 0. The van der Waals surface area contributed by atoms with Crippen LogP contribution in [0.25, 0.3) is 0 Å². The number of rotatable bonds is 4. The molecule has 2 nitrogen and oxygen atoms in total. The summed E-state index contributed by atoms with van der Waals surface area (Å²) in [5, 5.41) is 0. The lowest BCUT2D eigenvalue weighted by atomic mass is 10.2. The number of halogens is 1. The van der Waals surface area contributed by atoms with Crippen LogP contribution in [0.1, 0.15) is 30.7 Å². The van der Waals surface area contributed by atoms with Crippen molar-refractivity contribution in [2.45, 2.75) is 34.0 Å². The fraction of sp³-hybridized carbons (Fsp3) is 0.312. The van der Waals surface area contributed by atoms with Gasteiger partial charge < -0.3 is 4.74 Å². The van der Waals surface area contributed by atoms with E-state index in [1.807, 2.05) is 51.1 Å². The number of hydrogen-bond donors (Lipinski definition) is 0.